The molecule has 0 saturated carbocycles. The van der Waals surface area contributed by atoms with Crippen LogP contribution in [0, 0.1) is 6.92 Å². The zero-order chi connectivity index (χ0) is 28.5. The minimum Gasteiger partial charge on any atom is -0.493 e. The lowest BCUT2D eigenvalue weighted by atomic mass is 10.0. The maximum atomic E-state index is 14.0. The Hall–Kier alpha value is -4.29. The number of benzene rings is 4. The van der Waals surface area contributed by atoms with Gasteiger partial charge in [0.25, 0.3) is 0 Å². The van der Waals surface area contributed by atoms with E-state index in [1.165, 1.54) is 0 Å². The van der Waals surface area contributed by atoms with Crippen LogP contribution in [0.15, 0.2) is 97.1 Å². The molecule has 0 bridgehead atoms. The first-order chi connectivity index (χ1) is 19.4. The van der Waals surface area contributed by atoms with Crippen molar-refractivity contribution in [2.24, 2.45) is 0 Å². The molecule has 4 aromatic carbocycles. The van der Waals surface area contributed by atoms with Crippen LogP contribution in [0.1, 0.15) is 33.9 Å². The highest BCUT2D eigenvalue weighted by Crippen LogP contribution is 2.30. The van der Waals surface area contributed by atoms with Crippen molar-refractivity contribution < 1.29 is 19.1 Å². The van der Waals surface area contributed by atoms with Crippen LogP contribution in [0.2, 0.25) is 5.02 Å². The molecule has 0 aliphatic rings. The second-order valence-electron chi connectivity index (χ2n) is 9.53. The number of rotatable bonds is 11. The van der Waals surface area contributed by atoms with Gasteiger partial charge in [-0.2, -0.15) is 0 Å². The topological polar surface area (TPSA) is 67.9 Å². The number of amides is 2. The number of nitrogens with one attached hydrogen (secondary N) is 1. The summed E-state index contributed by atoms with van der Waals surface area (Å²) in [7, 11) is 3.12. The van der Waals surface area contributed by atoms with E-state index in [-0.39, 0.29) is 24.8 Å². The SMILES string of the molecule is COc1ccc(CC(=O)N(Cc2ccc(Cl)cc2)[C@H](C(=O)NCc2ccc(C)cc2)c2ccccc2)cc1OC. The average molecular weight is 557 g/mol. The Kier molecular flexibility index (Phi) is 9.81. The third-order valence-corrected chi connectivity index (χ3v) is 6.90. The summed E-state index contributed by atoms with van der Waals surface area (Å²) in [6.45, 7) is 2.59. The largest absolute Gasteiger partial charge is 0.493 e. The summed E-state index contributed by atoms with van der Waals surface area (Å²) in [5.74, 6) is 0.643. The van der Waals surface area contributed by atoms with Gasteiger partial charge in [-0.3, -0.25) is 9.59 Å². The minimum absolute atomic E-state index is 0.0719. The van der Waals surface area contributed by atoms with Crippen molar-refractivity contribution in [1.29, 1.82) is 0 Å². The number of nitrogens with zero attached hydrogens (tertiary/aromatic N) is 1. The second-order valence-corrected chi connectivity index (χ2v) is 9.97. The average Bonchev–Trinajstić information content (AvgIpc) is 2.98. The first-order valence-corrected chi connectivity index (χ1v) is 13.4. The number of methoxy groups -OCH3 is 2. The van der Waals surface area contributed by atoms with E-state index in [0.717, 1.165) is 27.8 Å². The lowest BCUT2D eigenvalue weighted by molar-refractivity contribution is -0.141. The Labute approximate surface area is 240 Å². The summed E-state index contributed by atoms with van der Waals surface area (Å²) in [6.07, 6.45) is 0.0719. The van der Waals surface area contributed by atoms with Crippen LogP contribution in [-0.2, 0) is 29.1 Å². The molecule has 1 N–H and O–H groups in total. The normalized spacial score (nSPS) is 11.4. The third kappa shape index (κ3) is 7.42. The molecule has 0 spiro atoms. The minimum atomic E-state index is -0.852. The first kappa shape index (κ1) is 28.7. The highest BCUT2D eigenvalue weighted by molar-refractivity contribution is 6.30. The monoisotopic (exact) mass is 556 g/mol. The van der Waals surface area contributed by atoms with Gasteiger partial charge in [-0.15, -0.1) is 0 Å². The molecule has 1 atom stereocenters. The van der Waals surface area contributed by atoms with E-state index >= 15 is 0 Å². The van der Waals surface area contributed by atoms with E-state index in [4.69, 9.17) is 21.1 Å². The van der Waals surface area contributed by atoms with Gasteiger partial charge in [-0.05, 0) is 53.4 Å². The number of hydrogen-bond donors (Lipinski definition) is 1. The van der Waals surface area contributed by atoms with Crippen LogP contribution >= 0.6 is 11.6 Å². The number of ether oxygens (including phenoxy) is 2. The van der Waals surface area contributed by atoms with Crippen molar-refractivity contribution in [3.05, 3.63) is 130 Å². The van der Waals surface area contributed by atoms with Crippen molar-refractivity contribution in [3.8, 4) is 11.5 Å². The number of hydrogen-bond acceptors (Lipinski definition) is 4. The molecule has 6 nitrogen and oxygen atoms in total. The summed E-state index contributed by atoms with van der Waals surface area (Å²) >= 11 is 6.12. The van der Waals surface area contributed by atoms with E-state index < -0.39 is 6.04 Å². The molecular formula is C33H33ClN2O4. The number of carbonyl (C=O) groups is 2. The highest BCUT2D eigenvalue weighted by Gasteiger charge is 2.31. The van der Waals surface area contributed by atoms with Crippen molar-refractivity contribution in [1.82, 2.24) is 10.2 Å². The van der Waals surface area contributed by atoms with E-state index in [2.05, 4.69) is 5.32 Å². The van der Waals surface area contributed by atoms with E-state index in [9.17, 15) is 9.59 Å². The maximum absolute atomic E-state index is 14.0. The number of aryl methyl sites for hydroxylation is 1. The lowest BCUT2D eigenvalue weighted by Gasteiger charge is -2.32. The standard InChI is InChI=1S/C33H33ClN2O4/c1-23-9-11-24(12-10-23)21-35-33(38)32(27-7-5-4-6-8-27)36(22-25-13-16-28(34)17-14-25)31(37)20-26-15-18-29(39-2)30(19-26)40-3/h4-19,32H,20-22H2,1-3H3,(H,35,38)/t32-/m0/s1. The Bertz CT molecular complexity index is 1420. The number of halogens is 1. The van der Waals surface area contributed by atoms with Crippen molar-refractivity contribution in [2.75, 3.05) is 14.2 Å². The molecule has 206 valence electrons. The molecule has 0 aliphatic carbocycles. The fraction of sp³-hybridized carbons (Fsp3) is 0.212. The molecule has 7 heteroatoms. The maximum Gasteiger partial charge on any atom is 0.247 e. The van der Waals surface area contributed by atoms with Gasteiger partial charge in [-0.25, -0.2) is 0 Å². The molecule has 0 heterocycles. The molecule has 0 aromatic heterocycles. The zero-order valence-electron chi connectivity index (χ0n) is 22.9. The number of carbonyl (C=O) groups excluding carboxylic acids is 2. The Morgan fingerprint density at radius 3 is 2.08 bits per heavy atom. The molecule has 0 unspecified atom stereocenters. The van der Waals surface area contributed by atoms with Gasteiger partial charge < -0.3 is 19.7 Å². The smallest absolute Gasteiger partial charge is 0.247 e. The van der Waals surface area contributed by atoms with Gasteiger partial charge in [0, 0.05) is 18.1 Å². The van der Waals surface area contributed by atoms with Crippen LogP contribution in [-0.4, -0.2) is 30.9 Å². The van der Waals surface area contributed by atoms with Crippen LogP contribution in [0.4, 0.5) is 0 Å². The predicted molar refractivity (Wildman–Crippen MR) is 157 cm³/mol. The zero-order valence-corrected chi connectivity index (χ0v) is 23.7. The van der Waals surface area contributed by atoms with Crippen LogP contribution < -0.4 is 14.8 Å². The second kappa shape index (κ2) is 13.7. The van der Waals surface area contributed by atoms with Gasteiger partial charge in [0.2, 0.25) is 11.8 Å². The molecule has 0 aliphatic heterocycles. The molecule has 4 rings (SSSR count). The van der Waals surface area contributed by atoms with Crippen LogP contribution in [0.5, 0.6) is 11.5 Å². The van der Waals surface area contributed by atoms with E-state index in [1.807, 2.05) is 79.7 Å². The summed E-state index contributed by atoms with van der Waals surface area (Å²) in [6, 6.07) is 29.2. The molecule has 0 radical (unpaired) electrons. The Morgan fingerprint density at radius 2 is 1.43 bits per heavy atom. The molecule has 40 heavy (non-hydrogen) atoms. The highest BCUT2D eigenvalue weighted by atomic mass is 35.5. The lowest BCUT2D eigenvalue weighted by Crippen LogP contribution is -2.43. The summed E-state index contributed by atoms with van der Waals surface area (Å²) in [5, 5.41) is 3.65. The molecule has 0 fully saturated rings. The Morgan fingerprint density at radius 1 is 0.800 bits per heavy atom. The van der Waals surface area contributed by atoms with Crippen molar-refractivity contribution >= 4 is 23.4 Å². The van der Waals surface area contributed by atoms with Gasteiger partial charge in [-0.1, -0.05) is 90.0 Å². The predicted octanol–water partition coefficient (Wildman–Crippen LogP) is 6.29. The van der Waals surface area contributed by atoms with Crippen LogP contribution in [0.25, 0.3) is 0 Å². The van der Waals surface area contributed by atoms with E-state index in [1.54, 1.807) is 43.4 Å². The summed E-state index contributed by atoms with van der Waals surface area (Å²) in [5.41, 5.74) is 4.45. The first-order valence-electron chi connectivity index (χ1n) is 13.0. The molecule has 0 saturated heterocycles. The summed E-state index contributed by atoms with van der Waals surface area (Å²) in [4.78, 5) is 29.5. The quantitative estimate of drug-likeness (QED) is 0.235. The Balaban J connectivity index is 1.68. The van der Waals surface area contributed by atoms with Gasteiger partial charge >= 0.3 is 0 Å². The fourth-order valence-corrected chi connectivity index (χ4v) is 4.60. The van der Waals surface area contributed by atoms with Gasteiger partial charge in [0.1, 0.15) is 6.04 Å². The molecular weight excluding hydrogens is 524 g/mol. The van der Waals surface area contributed by atoms with Crippen molar-refractivity contribution in [3.63, 3.8) is 0 Å². The fourth-order valence-electron chi connectivity index (χ4n) is 4.48. The van der Waals surface area contributed by atoms with Crippen LogP contribution in [0.3, 0.4) is 0 Å². The molecule has 2 amide bonds. The van der Waals surface area contributed by atoms with E-state index in [0.29, 0.717) is 23.1 Å². The van der Waals surface area contributed by atoms with Gasteiger partial charge in [0.05, 0.1) is 20.6 Å². The van der Waals surface area contributed by atoms with Gasteiger partial charge in [0.15, 0.2) is 11.5 Å². The third-order valence-electron chi connectivity index (χ3n) is 6.65. The van der Waals surface area contributed by atoms with Crippen molar-refractivity contribution in [2.45, 2.75) is 32.5 Å². The molecule has 4 aromatic rings. The summed E-state index contributed by atoms with van der Waals surface area (Å²) < 4.78 is 10.8.